The predicted octanol–water partition coefficient (Wildman–Crippen LogP) is 5.45. The van der Waals surface area contributed by atoms with E-state index in [1.165, 1.54) is 29.5 Å². The Bertz CT molecular complexity index is 955. The number of nitrogens with zero attached hydrogens (tertiary/aromatic N) is 2. The zero-order valence-electron chi connectivity index (χ0n) is 14.7. The second-order valence-corrected chi connectivity index (χ2v) is 8.07. The summed E-state index contributed by atoms with van der Waals surface area (Å²) in [5.41, 5.74) is 0.974. The number of hydrogen-bond acceptors (Lipinski definition) is 5. The van der Waals surface area contributed by atoms with Gasteiger partial charge in [-0.05, 0) is 19.1 Å². The topological polar surface area (TPSA) is 68.0 Å². The van der Waals surface area contributed by atoms with Crippen LogP contribution in [0.4, 0.5) is 9.52 Å². The van der Waals surface area contributed by atoms with Gasteiger partial charge in [0.2, 0.25) is 0 Å². The first-order valence-corrected chi connectivity index (χ1v) is 9.12. The fourth-order valence-corrected chi connectivity index (χ4v) is 3.55. The first kappa shape index (κ1) is 18.5. The number of carbonyl (C=O) groups is 1. The summed E-state index contributed by atoms with van der Waals surface area (Å²) in [5, 5.41) is 9.06. The van der Waals surface area contributed by atoms with E-state index in [4.69, 9.17) is 16.1 Å². The molecule has 136 valence electrons. The molecule has 0 spiro atoms. The summed E-state index contributed by atoms with van der Waals surface area (Å²) in [6.07, 6.45) is 0. The average molecular weight is 394 g/mol. The number of halogens is 2. The lowest BCUT2D eigenvalue weighted by molar-refractivity contribution is 0.102. The van der Waals surface area contributed by atoms with Crippen LogP contribution in [0, 0.1) is 12.7 Å². The minimum absolute atomic E-state index is 0.0330. The molecule has 0 saturated carbocycles. The van der Waals surface area contributed by atoms with Crippen LogP contribution in [0.25, 0.3) is 11.3 Å². The van der Waals surface area contributed by atoms with Gasteiger partial charge in [0.1, 0.15) is 22.8 Å². The Morgan fingerprint density at radius 2 is 2.08 bits per heavy atom. The molecule has 5 nitrogen and oxygen atoms in total. The largest absolute Gasteiger partial charge is 0.360 e. The van der Waals surface area contributed by atoms with E-state index in [0.717, 1.165) is 5.69 Å². The molecule has 1 amide bonds. The van der Waals surface area contributed by atoms with E-state index in [1.807, 2.05) is 26.2 Å². The Morgan fingerprint density at radius 1 is 1.35 bits per heavy atom. The minimum atomic E-state index is -0.580. The number of rotatable bonds is 3. The van der Waals surface area contributed by atoms with Gasteiger partial charge in [-0.25, -0.2) is 9.37 Å². The Labute approximate surface area is 159 Å². The maximum atomic E-state index is 14.2. The van der Waals surface area contributed by atoms with Crippen molar-refractivity contribution >= 4 is 34.0 Å². The van der Waals surface area contributed by atoms with Gasteiger partial charge in [-0.3, -0.25) is 10.1 Å². The van der Waals surface area contributed by atoms with Crippen molar-refractivity contribution < 1.29 is 13.7 Å². The molecule has 0 atom stereocenters. The third kappa shape index (κ3) is 3.50. The average Bonchev–Trinajstić information content (AvgIpc) is 3.14. The fourth-order valence-electron chi connectivity index (χ4n) is 2.37. The highest BCUT2D eigenvalue weighted by atomic mass is 35.5. The Balaban J connectivity index is 1.96. The van der Waals surface area contributed by atoms with Gasteiger partial charge in [0.05, 0.1) is 16.3 Å². The molecule has 1 aromatic carbocycles. The maximum Gasteiger partial charge on any atom is 0.263 e. The zero-order chi connectivity index (χ0) is 19.1. The molecular formula is C18H17ClFN3O2S. The maximum absolute atomic E-state index is 14.2. The zero-order valence-corrected chi connectivity index (χ0v) is 16.3. The summed E-state index contributed by atoms with van der Waals surface area (Å²) in [5.74, 6) is -0.790. The van der Waals surface area contributed by atoms with Crippen molar-refractivity contribution in [2.75, 3.05) is 5.32 Å². The van der Waals surface area contributed by atoms with Crippen molar-refractivity contribution in [1.29, 1.82) is 0 Å². The van der Waals surface area contributed by atoms with Gasteiger partial charge in [-0.1, -0.05) is 43.6 Å². The summed E-state index contributed by atoms with van der Waals surface area (Å²) < 4.78 is 19.4. The van der Waals surface area contributed by atoms with Crippen LogP contribution in [0.2, 0.25) is 5.02 Å². The van der Waals surface area contributed by atoms with Gasteiger partial charge in [0.15, 0.2) is 5.13 Å². The molecular weight excluding hydrogens is 377 g/mol. The van der Waals surface area contributed by atoms with E-state index in [0.29, 0.717) is 5.13 Å². The number of benzene rings is 1. The molecule has 0 unspecified atom stereocenters. The van der Waals surface area contributed by atoms with Crippen LogP contribution in [-0.2, 0) is 5.41 Å². The highest BCUT2D eigenvalue weighted by Crippen LogP contribution is 2.34. The van der Waals surface area contributed by atoms with E-state index in [9.17, 15) is 9.18 Å². The molecule has 8 heteroatoms. The van der Waals surface area contributed by atoms with Gasteiger partial charge in [0, 0.05) is 10.8 Å². The molecule has 26 heavy (non-hydrogen) atoms. The smallest absolute Gasteiger partial charge is 0.263 e. The van der Waals surface area contributed by atoms with E-state index in [-0.39, 0.29) is 33.0 Å². The van der Waals surface area contributed by atoms with Gasteiger partial charge < -0.3 is 4.52 Å². The van der Waals surface area contributed by atoms with Crippen LogP contribution < -0.4 is 5.32 Å². The lowest BCUT2D eigenvalue weighted by Crippen LogP contribution is -2.15. The normalized spacial score (nSPS) is 11.6. The van der Waals surface area contributed by atoms with Crippen LogP contribution in [0.3, 0.4) is 0 Å². The Morgan fingerprint density at radius 3 is 2.69 bits per heavy atom. The molecule has 0 aliphatic carbocycles. The van der Waals surface area contributed by atoms with Crippen molar-refractivity contribution in [3.8, 4) is 11.3 Å². The summed E-state index contributed by atoms with van der Waals surface area (Å²) in [6.45, 7) is 7.70. The molecule has 0 saturated heterocycles. The first-order chi connectivity index (χ1) is 12.2. The van der Waals surface area contributed by atoms with Crippen LogP contribution in [0.5, 0.6) is 0 Å². The number of hydrogen-bond donors (Lipinski definition) is 1. The fraction of sp³-hybridized carbons (Fsp3) is 0.278. The van der Waals surface area contributed by atoms with Crippen LogP contribution in [0.15, 0.2) is 28.1 Å². The molecule has 0 radical (unpaired) electrons. The van der Waals surface area contributed by atoms with Crippen LogP contribution in [-0.4, -0.2) is 16.0 Å². The van der Waals surface area contributed by atoms with E-state index in [2.05, 4.69) is 15.5 Å². The van der Waals surface area contributed by atoms with Crippen molar-refractivity contribution in [3.05, 3.63) is 51.4 Å². The van der Waals surface area contributed by atoms with E-state index in [1.54, 1.807) is 6.92 Å². The third-order valence-electron chi connectivity index (χ3n) is 3.78. The summed E-state index contributed by atoms with van der Waals surface area (Å²) in [4.78, 5) is 17.2. The number of thiazole rings is 1. The quantitative estimate of drug-likeness (QED) is 0.642. The SMILES string of the molecule is Cc1onc(-c2c(F)cccc2Cl)c1C(=O)Nc1nc(C(C)(C)C)cs1. The summed E-state index contributed by atoms with van der Waals surface area (Å²) >= 11 is 7.42. The molecule has 0 bridgehead atoms. The van der Waals surface area contributed by atoms with Crippen molar-refractivity contribution in [1.82, 2.24) is 10.1 Å². The second-order valence-electron chi connectivity index (χ2n) is 6.80. The van der Waals surface area contributed by atoms with E-state index < -0.39 is 11.7 Å². The molecule has 0 aliphatic rings. The standard InChI is InChI=1S/C18H17ClFN3O2S/c1-9-13(15(23-25-9)14-10(19)6-5-7-11(14)20)16(24)22-17-21-12(8-26-17)18(2,3)4/h5-8H,1-4H3,(H,21,22,24). The molecule has 3 aromatic rings. The highest BCUT2D eigenvalue weighted by molar-refractivity contribution is 7.14. The first-order valence-electron chi connectivity index (χ1n) is 7.86. The van der Waals surface area contributed by atoms with Crippen molar-refractivity contribution in [2.24, 2.45) is 0 Å². The lowest BCUT2D eigenvalue weighted by atomic mass is 9.93. The Kier molecular flexibility index (Phi) is 4.86. The van der Waals surface area contributed by atoms with Gasteiger partial charge in [-0.2, -0.15) is 0 Å². The monoisotopic (exact) mass is 393 g/mol. The second kappa shape index (κ2) is 6.81. The molecule has 3 rings (SSSR count). The predicted molar refractivity (Wildman–Crippen MR) is 100 cm³/mol. The number of carbonyl (C=O) groups excluding carboxylic acids is 1. The van der Waals surface area contributed by atoms with Gasteiger partial charge in [-0.15, -0.1) is 11.3 Å². The summed E-state index contributed by atoms with van der Waals surface area (Å²) in [6, 6.07) is 4.27. The Hall–Kier alpha value is -2.25. The number of aromatic nitrogens is 2. The van der Waals surface area contributed by atoms with Crippen molar-refractivity contribution in [3.63, 3.8) is 0 Å². The van der Waals surface area contributed by atoms with E-state index >= 15 is 0 Å². The molecule has 0 fully saturated rings. The molecule has 2 aromatic heterocycles. The van der Waals surface area contributed by atoms with Gasteiger partial charge in [0.25, 0.3) is 5.91 Å². The third-order valence-corrected chi connectivity index (χ3v) is 4.86. The number of amides is 1. The molecule has 0 aliphatic heterocycles. The lowest BCUT2D eigenvalue weighted by Gasteiger charge is -2.14. The van der Waals surface area contributed by atoms with Crippen molar-refractivity contribution in [2.45, 2.75) is 33.1 Å². The molecule has 2 heterocycles. The minimum Gasteiger partial charge on any atom is -0.360 e. The van der Waals surface area contributed by atoms with Crippen LogP contribution in [0.1, 0.15) is 42.6 Å². The highest BCUT2D eigenvalue weighted by Gasteiger charge is 2.26. The van der Waals surface area contributed by atoms with Gasteiger partial charge >= 0.3 is 0 Å². The molecule has 1 N–H and O–H groups in total. The number of nitrogens with one attached hydrogen (secondary N) is 1. The number of anilines is 1. The van der Waals surface area contributed by atoms with Crippen LogP contribution >= 0.6 is 22.9 Å². The number of aryl methyl sites for hydroxylation is 1. The summed E-state index contributed by atoms with van der Waals surface area (Å²) in [7, 11) is 0.